The van der Waals surface area contributed by atoms with Crippen LogP contribution < -0.4 is 5.73 Å². The zero-order chi connectivity index (χ0) is 14.8. The molecule has 3 heterocycles. The minimum Gasteiger partial charge on any atom is -0.393 e. The van der Waals surface area contributed by atoms with E-state index in [9.17, 15) is 13.5 Å². The molecular weight excluding hydrogens is 312 g/mol. The second kappa shape index (κ2) is 4.42. The van der Waals surface area contributed by atoms with E-state index in [-0.39, 0.29) is 28.8 Å². The smallest absolute Gasteiger partial charge is 0.262 e. The minimum atomic E-state index is -3.68. The first-order chi connectivity index (χ1) is 9.98. The maximum atomic E-state index is 12.9. The van der Waals surface area contributed by atoms with Crippen LogP contribution in [0.2, 0.25) is 0 Å². The number of aliphatic hydroxyl groups excluding tert-OH is 1. The lowest BCUT2D eigenvalue weighted by molar-refractivity contribution is 0.129. The quantitative estimate of drug-likeness (QED) is 0.829. The van der Waals surface area contributed by atoms with E-state index in [1.165, 1.54) is 20.0 Å². The first-order valence-electron chi connectivity index (χ1n) is 6.87. The van der Waals surface area contributed by atoms with Crippen molar-refractivity contribution < 1.29 is 13.5 Å². The monoisotopic (exact) mass is 328 g/mol. The maximum absolute atomic E-state index is 12.9. The molecule has 2 aromatic heterocycles. The van der Waals surface area contributed by atoms with Crippen LogP contribution in [0, 0.1) is 11.8 Å². The van der Waals surface area contributed by atoms with Gasteiger partial charge in [-0.2, -0.15) is 4.31 Å². The first kappa shape index (κ1) is 13.5. The molecule has 1 saturated heterocycles. The van der Waals surface area contributed by atoms with Crippen LogP contribution in [0.5, 0.6) is 0 Å². The van der Waals surface area contributed by atoms with Crippen LogP contribution in [0.1, 0.15) is 12.8 Å². The normalized spacial score (nSPS) is 30.2. The number of hydrogen-bond acceptors (Lipinski definition) is 6. The molecule has 2 aromatic rings. The molecule has 0 radical (unpaired) electrons. The third-order valence-corrected chi connectivity index (χ3v) is 7.24. The number of fused-ring (bicyclic) bond motifs is 2. The summed E-state index contributed by atoms with van der Waals surface area (Å²) < 4.78 is 28.7. The average Bonchev–Trinajstić information content (AvgIpc) is 3.10. The molecule has 114 valence electrons. The molecule has 3 N–H and O–H groups in total. The topological polar surface area (TPSA) is 101 Å². The second-order valence-corrected chi connectivity index (χ2v) is 8.47. The number of anilines is 1. The molecule has 4 rings (SSSR count). The fourth-order valence-electron chi connectivity index (χ4n) is 3.55. The Labute approximate surface area is 126 Å². The number of aromatic nitrogens is 2. The zero-order valence-corrected chi connectivity index (χ0v) is 12.8. The molecule has 21 heavy (non-hydrogen) atoms. The van der Waals surface area contributed by atoms with Crippen LogP contribution in [0.15, 0.2) is 16.6 Å². The minimum absolute atomic E-state index is 0.0412. The molecule has 0 amide bonds. The standard InChI is InChI=1S/C12H16N4O3S2/c13-10-11(16-3-4-20-12(16)14-10)21(18,19)15-5-7-1-2-9(17)8(7)6-15/h3-4,7-9,17H,1-2,5-6,13H2. The van der Waals surface area contributed by atoms with Crippen molar-refractivity contribution in [1.29, 1.82) is 0 Å². The molecule has 1 saturated carbocycles. The van der Waals surface area contributed by atoms with E-state index in [0.717, 1.165) is 12.8 Å². The van der Waals surface area contributed by atoms with Crippen molar-refractivity contribution in [2.24, 2.45) is 11.8 Å². The molecule has 1 aliphatic carbocycles. The number of sulfonamides is 1. The highest BCUT2D eigenvalue weighted by Gasteiger charge is 2.46. The molecule has 0 bridgehead atoms. The fraction of sp³-hybridized carbons (Fsp3) is 0.583. The Kier molecular flexibility index (Phi) is 2.84. The van der Waals surface area contributed by atoms with E-state index in [0.29, 0.717) is 18.1 Å². The van der Waals surface area contributed by atoms with E-state index in [2.05, 4.69) is 4.98 Å². The van der Waals surface area contributed by atoms with Crippen molar-refractivity contribution in [3.8, 4) is 0 Å². The molecular formula is C12H16N4O3S2. The average molecular weight is 328 g/mol. The van der Waals surface area contributed by atoms with Crippen LogP contribution in [0.4, 0.5) is 5.82 Å². The Morgan fingerprint density at radius 3 is 2.95 bits per heavy atom. The van der Waals surface area contributed by atoms with Gasteiger partial charge >= 0.3 is 0 Å². The molecule has 3 unspecified atom stereocenters. The number of nitrogen functional groups attached to an aromatic ring is 1. The lowest BCUT2D eigenvalue weighted by atomic mass is 10.00. The van der Waals surface area contributed by atoms with Crippen LogP contribution >= 0.6 is 11.3 Å². The van der Waals surface area contributed by atoms with Gasteiger partial charge in [0.15, 0.2) is 15.8 Å². The Morgan fingerprint density at radius 1 is 1.38 bits per heavy atom. The Hall–Kier alpha value is -1.16. The van der Waals surface area contributed by atoms with Crippen molar-refractivity contribution in [3.05, 3.63) is 11.6 Å². The molecule has 0 aromatic carbocycles. The summed E-state index contributed by atoms with van der Waals surface area (Å²) in [6.45, 7) is 0.825. The summed E-state index contributed by atoms with van der Waals surface area (Å²) in [6.07, 6.45) is 2.93. The summed E-state index contributed by atoms with van der Waals surface area (Å²) in [5, 5.41) is 11.8. The van der Waals surface area contributed by atoms with E-state index < -0.39 is 10.0 Å². The zero-order valence-electron chi connectivity index (χ0n) is 11.2. The fourth-order valence-corrected chi connectivity index (χ4v) is 6.04. The largest absolute Gasteiger partial charge is 0.393 e. The van der Waals surface area contributed by atoms with Gasteiger partial charge in [0.25, 0.3) is 10.0 Å². The maximum Gasteiger partial charge on any atom is 0.262 e. The molecule has 7 nitrogen and oxygen atoms in total. The summed E-state index contributed by atoms with van der Waals surface area (Å²) in [4.78, 5) is 4.68. The highest BCUT2D eigenvalue weighted by Crippen LogP contribution is 2.40. The Balaban J connectivity index is 1.74. The van der Waals surface area contributed by atoms with Gasteiger partial charge in [0, 0.05) is 30.6 Å². The lowest BCUT2D eigenvalue weighted by Crippen LogP contribution is -2.32. The lowest BCUT2D eigenvalue weighted by Gasteiger charge is -2.18. The van der Waals surface area contributed by atoms with E-state index in [4.69, 9.17) is 5.73 Å². The second-order valence-electron chi connectivity index (χ2n) is 5.75. The number of thiazole rings is 1. The third-order valence-electron chi connectivity index (χ3n) is 4.61. The molecule has 9 heteroatoms. The summed E-state index contributed by atoms with van der Waals surface area (Å²) in [5.74, 6) is 0.341. The first-order valence-corrected chi connectivity index (χ1v) is 9.19. The summed E-state index contributed by atoms with van der Waals surface area (Å²) >= 11 is 1.35. The van der Waals surface area contributed by atoms with Gasteiger partial charge in [0.1, 0.15) is 0 Å². The summed E-state index contributed by atoms with van der Waals surface area (Å²) in [6, 6.07) is 0. The van der Waals surface area contributed by atoms with E-state index in [1.807, 2.05) is 0 Å². The molecule has 0 spiro atoms. The highest BCUT2D eigenvalue weighted by molar-refractivity contribution is 7.89. The Morgan fingerprint density at radius 2 is 2.19 bits per heavy atom. The van der Waals surface area contributed by atoms with Gasteiger partial charge in [0.05, 0.1) is 6.10 Å². The Bertz CT molecular complexity index is 797. The van der Waals surface area contributed by atoms with Crippen molar-refractivity contribution in [3.63, 3.8) is 0 Å². The number of nitrogens with zero attached hydrogens (tertiary/aromatic N) is 3. The number of hydrogen-bond donors (Lipinski definition) is 2. The van der Waals surface area contributed by atoms with Crippen molar-refractivity contribution in [1.82, 2.24) is 13.7 Å². The van der Waals surface area contributed by atoms with Crippen molar-refractivity contribution >= 4 is 32.1 Å². The van der Waals surface area contributed by atoms with E-state index in [1.54, 1.807) is 11.6 Å². The van der Waals surface area contributed by atoms with Gasteiger partial charge in [0.2, 0.25) is 0 Å². The van der Waals surface area contributed by atoms with Gasteiger partial charge in [-0.1, -0.05) is 0 Å². The van der Waals surface area contributed by atoms with Gasteiger partial charge in [-0.05, 0) is 18.8 Å². The molecule has 1 aliphatic heterocycles. The summed E-state index contributed by atoms with van der Waals surface area (Å²) in [7, 11) is -3.68. The van der Waals surface area contributed by atoms with E-state index >= 15 is 0 Å². The van der Waals surface area contributed by atoms with Crippen LogP contribution in [-0.4, -0.2) is 46.4 Å². The van der Waals surface area contributed by atoms with Gasteiger partial charge in [-0.15, -0.1) is 11.3 Å². The van der Waals surface area contributed by atoms with Crippen LogP contribution in [0.25, 0.3) is 4.96 Å². The molecule has 2 aliphatic rings. The van der Waals surface area contributed by atoms with Crippen molar-refractivity contribution in [2.45, 2.75) is 24.0 Å². The van der Waals surface area contributed by atoms with Crippen molar-refractivity contribution in [2.75, 3.05) is 18.8 Å². The third kappa shape index (κ3) is 1.84. The highest BCUT2D eigenvalue weighted by atomic mass is 32.2. The predicted octanol–water partition coefficient (Wildman–Crippen LogP) is 0.369. The number of aliphatic hydroxyl groups is 1. The van der Waals surface area contributed by atoms with Crippen LogP contribution in [-0.2, 0) is 10.0 Å². The molecule has 2 fully saturated rings. The predicted molar refractivity (Wildman–Crippen MR) is 78.5 cm³/mol. The number of imidazole rings is 1. The number of rotatable bonds is 2. The SMILES string of the molecule is Nc1nc2sccn2c1S(=O)(=O)N1CC2CCC(O)C2C1. The van der Waals surface area contributed by atoms with Crippen LogP contribution in [0.3, 0.4) is 0 Å². The van der Waals surface area contributed by atoms with Gasteiger partial charge in [-0.25, -0.2) is 13.4 Å². The number of nitrogens with two attached hydrogens (primary N) is 1. The molecule has 3 atom stereocenters. The van der Waals surface area contributed by atoms with Gasteiger partial charge < -0.3 is 10.8 Å². The van der Waals surface area contributed by atoms with Gasteiger partial charge in [-0.3, -0.25) is 4.40 Å². The summed E-state index contributed by atoms with van der Waals surface area (Å²) in [5.41, 5.74) is 5.81.